The number of hydrogen-bond donors (Lipinski definition) is 3. The van der Waals surface area contributed by atoms with Crippen molar-refractivity contribution in [2.24, 2.45) is 0 Å². The van der Waals surface area contributed by atoms with Gasteiger partial charge in [-0.3, -0.25) is 4.79 Å². The summed E-state index contributed by atoms with van der Waals surface area (Å²) >= 11 is 0. The Morgan fingerprint density at radius 2 is 2.06 bits per heavy atom. The summed E-state index contributed by atoms with van der Waals surface area (Å²) in [4.78, 5) is 11.9. The van der Waals surface area contributed by atoms with E-state index in [1.165, 1.54) is 12.1 Å². The van der Waals surface area contributed by atoms with Gasteiger partial charge in [-0.2, -0.15) is 0 Å². The van der Waals surface area contributed by atoms with E-state index in [0.29, 0.717) is 11.6 Å². The highest BCUT2D eigenvalue weighted by atomic mass is 16.3. The normalized spacial score (nSPS) is 24.3. The molecule has 1 heterocycles. The Kier molecular flexibility index (Phi) is 3.64. The van der Waals surface area contributed by atoms with Crippen LogP contribution in [0, 0.1) is 0 Å². The van der Waals surface area contributed by atoms with Crippen molar-refractivity contribution in [1.82, 2.24) is 10.6 Å². The SMILES string of the molecule is CC1CCC(NC(=O)c2ccc(O)cc2)CN1. The third kappa shape index (κ3) is 3.20. The topological polar surface area (TPSA) is 61.4 Å². The first-order valence-corrected chi connectivity index (χ1v) is 5.98. The molecule has 92 valence electrons. The van der Waals surface area contributed by atoms with E-state index in [0.717, 1.165) is 19.4 Å². The zero-order chi connectivity index (χ0) is 12.3. The highest BCUT2D eigenvalue weighted by Crippen LogP contribution is 2.11. The molecule has 2 rings (SSSR count). The molecule has 17 heavy (non-hydrogen) atoms. The fourth-order valence-electron chi connectivity index (χ4n) is 2.00. The van der Waals surface area contributed by atoms with E-state index < -0.39 is 0 Å². The number of aromatic hydroxyl groups is 1. The van der Waals surface area contributed by atoms with E-state index in [1.54, 1.807) is 12.1 Å². The summed E-state index contributed by atoms with van der Waals surface area (Å²) in [6, 6.07) is 7.04. The molecule has 0 aliphatic carbocycles. The van der Waals surface area contributed by atoms with Crippen LogP contribution < -0.4 is 10.6 Å². The minimum atomic E-state index is -0.0775. The summed E-state index contributed by atoms with van der Waals surface area (Å²) in [6.07, 6.45) is 2.10. The molecule has 1 aliphatic heterocycles. The van der Waals surface area contributed by atoms with Gasteiger partial charge in [0.1, 0.15) is 5.75 Å². The molecular weight excluding hydrogens is 216 g/mol. The van der Waals surface area contributed by atoms with Gasteiger partial charge >= 0.3 is 0 Å². The number of benzene rings is 1. The van der Waals surface area contributed by atoms with Gasteiger partial charge in [0.25, 0.3) is 5.91 Å². The monoisotopic (exact) mass is 234 g/mol. The number of carbonyl (C=O) groups is 1. The molecular formula is C13H18N2O2. The van der Waals surface area contributed by atoms with Crippen LogP contribution in [-0.2, 0) is 0 Å². The first-order valence-electron chi connectivity index (χ1n) is 5.98. The van der Waals surface area contributed by atoms with Gasteiger partial charge in [0.15, 0.2) is 0 Å². The molecule has 3 N–H and O–H groups in total. The number of amides is 1. The lowest BCUT2D eigenvalue weighted by Gasteiger charge is -2.28. The maximum absolute atomic E-state index is 11.9. The van der Waals surface area contributed by atoms with Crippen LogP contribution in [0.4, 0.5) is 0 Å². The summed E-state index contributed by atoms with van der Waals surface area (Å²) in [6.45, 7) is 2.98. The van der Waals surface area contributed by atoms with Crippen molar-refractivity contribution in [3.63, 3.8) is 0 Å². The zero-order valence-corrected chi connectivity index (χ0v) is 9.94. The second kappa shape index (κ2) is 5.19. The Morgan fingerprint density at radius 3 is 2.65 bits per heavy atom. The fraction of sp³-hybridized carbons (Fsp3) is 0.462. The van der Waals surface area contributed by atoms with E-state index >= 15 is 0 Å². The van der Waals surface area contributed by atoms with Crippen LogP contribution in [0.2, 0.25) is 0 Å². The van der Waals surface area contributed by atoms with E-state index in [-0.39, 0.29) is 17.7 Å². The molecule has 0 radical (unpaired) electrons. The third-order valence-electron chi connectivity index (χ3n) is 3.13. The number of piperidine rings is 1. The second-order valence-corrected chi connectivity index (χ2v) is 4.60. The Balaban J connectivity index is 1.91. The molecule has 2 unspecified atom stereocenters. The van der Waals surface area contributed by atoms with Crippen LogP contribution in [0.3, 0.4) is 0 Å². The molecule has 0 aromatic heterocycles. The maximum atomic E-state index is 11.9. The van der Waals surface area contributed by atoms with Crippen LogP contribution in [0.15, 0.2) is 24.3 Å². The van der Waals surface area contributed by atoms with Gasteiger partial charge in [0, 0.05) is 24.2 Å². The lowest BCUT2D eigenvalue weighted by atomic mass is 10.0. The standard InChI is InChI=1S/C13H18N2O2/c1-9-2-5-11(8-14-9)15-13(17)10-3-6-12(16)7-4-10/h3-4,6-7,9,11,14,16H,2,5,8H2,1H3,(H,15,17). The van der Waals surface area contributed by atoms with Crippen LogP contribution in [0.25, 0.3) is 0 Å². The lowest BCUT2D eigenvalue weighted by Crippen LogP contribution is -2.48. The Hall–Kier alpha value is -1.55. The zero-order valence-electron chi connectivity index (χ0n) is 9.94. The smallest absolute Gasteiger partial charge is 0.251 e. The maximum Gasteiger partial charge on any atom is 0.251 e. The Bertz CT molecular complexity index is 381. The fourth-order valence-corrected chi connectivity index (χ4v) is 2.00. The Morgan fingerprint density at radius 1 is 1.35 bits per heavy atom. The van der Waals surface area contributed by atoms with E-state index in [9.17, 15) is 4.79 Å². The molecule has 2 atom stereocenters. The van der Waals surface area contributed by atoms with Gasteiger partial charge in [-0.05, 0) is 44.0 Å². The van der Waals surface area contributed by atoms with E-state index in [1.807, 2.05) is 0 Å². The molecule has 4 heteroatoms. The highest BCUT2D eigenvalue weighted by Gasteiger charge is 2.19. The van der Waals surface area contributed by atoms with Gasteiger partial charge in [0.2, 0.25) is 0 Å². The molecule has 1 aliphatic rings. The third-order valence-corrected chi connectivity index (χ3v) is 3.13. The summed E-state index contributed by atoms with van der Waals surface area (Å²) in [5.41, 5.74) is 0.585. The number of carbonyl (C=O) groups excluding carboxylic acids is 1. The summed E-state index contributed by atoms with van der Waals surface area (Å²) in [5.74, 6) is 0.0982. The molecule has 4 nitrogen and oxygen atoms in total. The molecule has 1 aromatic carbocycles. The van der Waals surface area contributed by atoms with Crippen molar-refractivity contribution in [2.45, 2.75) is 31.8 Å². The average molecular weight is 234 g/mol. The molecule has 1 fully saturated rings. The average Bonchev–Trinajstić information content (AvgIpc) is 2.33. The molecule has 1 aromatic rings. The lowest BCUT2D eigenvalue weighted by molar-refractivity contribution is 0.0927. The van der Waals surface area contributed by atoms with Gasteiger partial charge in [0.05, 0.1) is 0 Å². The molecule has 0 bridgehead atoms. The van der Waals surface area contributed by atoms with E-state index in [4.69, 9.17) is 5.11 Å². The summed E-state index contributed by atoms with van der Waals surface area (Å²) in [5, 5.41) is 15.5. The highest BCUT2D eigenvalue weighted by molar-refractivity contribution is 5.94. The first-order chi connectivity index (χ1) is 8.15. The molecule has 0 spiro atoms. The largest absolute Gasteiger partial charge is 0.508 e. The molecule has 1 saturated heterocycles. The second-order valence-electron chi connectivity index (χ2n) is 4.60. The van der Waals surface area contributed by atoms with Gasteiger partial charge in [-0.1, -0.05) is 0 Å². The van der Waals surface area contributed by atoms with Crippen molar-refractivity contribution >= 4 is 5.91 Å². The predicted octanol–water partition coefficient (Wildman–Crippen LogP) is 1.26. The van der Waals surface area contributed by atoms with Crippen LogP contribution >= 0.6 is 0 Å². The van der Waals surface area contributed by atoms with Crippen LogP contribution in [-0.4, -0.2) is 29.6 Å². The quantitative estimate of drug-likeness (QED) is 0.722. The van der Waals surface area contributed by atoms with E-state index in [2.05, 4.69) is 17.6 Å². The number of nitrogens with one attached hydrogen (secondary N) is 2. The van der Waals surface area contributed by atoms with Crippen LogP contribution in [0.5, 0.6) is 5.75 Å². The number of phenols is 1. The predicted molar refractivity (Wildman–Crippen MR) is 66.1 cm³/mol. The number of rotatable bonds is 2. The summed E-state index contributed by atoms with van der Waals surface area (Å²) in [7, 11) is 0. The minimum absolute atomic E-state index is 0.0775. The number of hydrogen-bond acceptors (Lipinski definition) is 3. The summed E-state index contributed by atoms with van der Waals surface area (Å²) < 4.78 is 0. The van der Waals surface area contributed by atoms with Gasteiger partial charge in [-0.15, -0.1) is 0 Å². The Labute approximate surface area is 101 Å². The van der Waals surface area contributed by atoms with Crippen molar-refractivity contribution in [3.8, 4) is 5.75 Å². The number of phenolic OH excluding ortho intramolecular Hbond substituents is 1. The minimum Gasteiger partial charge on any atom is -0.508 e. The van der Waals surface area contributed by atoms with Crippen LogP contribution in [0.1, 0.15) is 30.1 Å². The van der Waals surface area contributed by atoms with Crippen molar-refractivity contribution in [2.75, 3.05) is 6.54 Å². The van der Waals surface area contributed by atoms with Crippen molar-refractivity contribution < 1.29 is 9.90 Å². The first kappa shape index (κ1) is 11.9. The van der Waals surface area contributed by atoms with Gasteiger partial charge < -0.3 is 15.7 Å². The van der Waals surface area contributed by atoms with Gasteiger partial charge in [-0.25, -0.2) is 0 Å². The molecule has 1 amide bonds. The van der Waals surface area contributed by atoms with Crippen molar-refractivity contribution in [1.29, 1.82) is 0 Å². The molecule has 0 saturated carbocycles. The van der Waals surface area contributed by atoms with Crippen molar-refractivity contribution in [3.05, 3.63) is 29.8 Å².